The normalized spacial score (nSPS) is 41.7. The average Bonchev–Trinajstić information content (AvgIpc) is 2.66. The van der Waals surface area contributed by atoms with E-state index in [1.165, 1.54) is 36.1 Å². The maximum Gasteiger partial charge on any atom is 0.0525 e. The summed E-state index contributed by atoms with van der Waals surface area (Å²) in [5.41, 5.74) is 1.51. The molecule has 19 heavy (non-hydrogen) atoms. The number of alkyl halides is 1. The zero-order valence-electron chi connectivity index (χ0n) is 11.9. The van der Waals surface area contributed by atoms with E-state index in [0.29, 0.717) is 4.83 Å². The van der Waals surface area contributed by atoms with Crippen LogP contribution in [0.1, 0.15) is 52.2 Å². The van der Waals surface area contributed by atoms with Gasteiger partial charge in [0.1, 0.15) is 0 Å². The number of aryl methyl sites for hydroxylation is 2. The molecule has 1 heterocycles. The molecule has 4 saturated carbocycles. The Morgan fingerprint density at radius 2 is 1.63 bits per heavy atom. The van der Waals surface area contributed by atoms with Crippen LogP contribution in [-0.4, -0.2) is 0 Å². The van der Waals surface area contributed by atoms with Gasteiger partial charge in [0.2, 0.25) is 0 Å². The molecule has 0 radical (unpaired) electrons. The Morgan fingerprint density at radius 1 is 1.05 bits per heavy atom. The smallest absolute Gasteiger partial charge is 0.0525 e. The molecule has 1 aromatic rings. The molecule has 1 atom stereocenters. The topological polar surface area (TPSA) is 0 Å². The van der Waals surface area contributed by atoms with E-state index < -0.39 is 0 Å². The molecule has 2 heteroatoms. The van der Waals surface area contributed by atoms with Gasteiger partial charge in [-0.25, -0.2) is 0 Å². The number of rotatable bonds is 2. The van der Waals surface area contributed by atoms with Gasteiger partial charge in [-0.3, -0.25) is 0 Å². The van der Waals surface area contributed by atoms with Crippen molar-refractivity contribution in [1.29, 1.82) is 0 Å². The van der Waals surface area contributed by atoms with Crippen LogP contribution in [0.15, 0.2) is 6.07 Å². The summed E-state index contributed by atoms with van der Waals surface area (Å²) in [6.07, 6.45) is 7.68. The molecule has 4 fully saturated rings. The predicted molar refractivity (Wildman–Crippen MR) is 86.0 cm³/mol. The molecular formula is C17H23BrS. The lowest BCUT2D eigenvalue weighted by Crippen LogP contribution is -2.46. The molecule has 0 nitrogen and oxygen atoms in total. The Balaban J connectivity index is 1.63. The molecular weight excluding hydrogens is 316 g/mol. The van der Waals surface area contributed by atoms with E-state index in [4.69, 9.17) is 0 Å². The van der Waals surface area contributed by atoms with Crippen LogP contribution in [0.5, 0.6) is 0 Å². The van der Waals surface area contributed by atoms with Crippen molar-refractivity contribution in [1.82, 2.24) is 0 Å². The number of hydrogen-bond acceptors (Lipinski definition) is 1. The summed E-state index contributed by atoms with van der Waals surface area (Å²) in [5.74, 6) is 5.13. The lowest BCUT2D eigenvalue weighted by Gasteiger charge is -2.55. The highest BCUT2D eigenvalue weighted by atomic mass is 79.9. The average molecular weight is 339 g/mol. The summed E-state index contributed by atoms with van der Waals surface area (Å²) >= 11 is 6.13. The quantitative estimate of drug-likeness (QED) is 0.591. The summed E-state index contributed by atoms with van der Waals surface area (Å²) in [6.45, 7) is 4.54. The highest BCUT2D eigenvalue weighted by molar-refractivity contribution is 9.09. The van der Waals surface area contributed by atoms with Crippen molar-refractivity contribution in [2.45, 2.75) is 50.8 Å². The molecule has 0 N–H and O–H groups in total. The van der Waals surface area contributed by atoms with Gasteiger partial charge in [0.25, 0.3) is 0 Å². The van der Waals surface area contributed by atoms with E-state index in [0.717, 1.165) is 29.6 Å². The highest BCUT2D eigenvalue weighted by Crippen LogP contribution is 2.61. The van der Waals surface area contributed by atoms with Crippen molar-refractivity contribution in [3.05, 3.63) is 21.4 Å². The maximum absolute atomic E-state index is 4.11. The molecule has 1 aromatic heterocycles. The summed E-state index contributed by atoms with van der Waals surface area (Å²) in [5, 5.41) is 0. The van der Waals surface area contributed by atoms with Gasteiger partial charge in [-0.1, -0.05) is 15.9 Å². The third-order valence-corrected chi connectivity index (χ3v) is 8.57. The van der Waals surface area contributed by atoms with Gasteiger partial charge in [0.15, 0.2) is 0 Å². The minimum absolute atomic E-state index is 0.626. The second-order valence-electron chi connectivity index (χ2n) is 7.31. The van der Waals surface area contributed by atoms with Crippen LogP contribution >= 0.6 is 27.3 Å². The summed E-state index contributed by atoms with van der Waals surface area (Å²) in [7, 11) is 0. The summed E-state index contributed by atoms with van der Waals surface area (Å²) < 4.78 is 0. The summed E-state index contributed by atoms with van der Waals surface area (Å²) in [6, 6.07) is 2.37. The predicted octanol–water partition coefficient (Wildman–Crippen LogP) is 5.87. The van der Waals surface area contributed by atoms with Crippen LogP contribution in [0.4, 0.5) is 0 Å². The van der Waals surface area contributed by atoms with E-state index in [9.17, 15) is 0 Å². The Morgan fingerprint density at radius 3 is 2.11 bits per heavy atom. The molecule has 0 aliphatic heterocycles. The fourth-order valence-electron chi connectivity index (χ4n) is 5.55. The van der Waals surface area contributed by atoms with E-state index in [1.807, 2.05) is 11.3 Å². The fourth-order valence-corrected chi connectivity index (χ4v) is 8.13. The van der Waals surface area contributed by atoms with E-state index >= 15 is 0 Å². The zero-order valence-corrected chi connectivity index (χ0v) is 14.3. The van der Waals surface area contributed by atoms with Crippen molar-refractivity contribution in [3.8, 4) is 0 Å². The fraction of sp³-hybridized carbons (Fsp3) is 0.765. The SMILES string of the molecule is Cc1cc(C)c(C(Br)C2C3CC4CC(C3)CC2C4)s1. The molecule has 5 rings (SSSR count). The molecule has 0 aromatic carbocycles. The second kappa shape index (κ2) is 4.59. The van der Waals surface area contributed by atoms with E-state index in [1.54, 1.807) is 11.3 Å². The minimum atomic E-state index is 0.626. The Bertz CT molecular complexity index is 461. The van der Waals surface area contributed by atoms with Crippen molar-refractivity contribution in [2.24, 2.45) is 29.6 Å². The molecule has 0 spiro atoms. The van der Waals surface area contributed by atoms with E-state index in [-0.39, 0.29) is 0 Å². The van der Waals surface area contributed by atoms with Crippen LogP contribution in [0, 0.1) is 43.4 Å². The van der Waals surface area contributed by atoms with Crippen LogP contribution in [-0.2, 0) is 0 Å². The first-order valence-corrected chi connectivity index (χ1v) is 9.56. The molecule has 1 unspecified atom stereocenters. The summed E-state index contributed by atoms with van der Waals surface area (Å²) in [4.78, 5) is 3.72. The number of hydrogen-bond donors (Lipinski definition) is 0. The van der Waals surface area contributed by atoms with Crippen molar-refractivity contribution in [3.63, 3.8) is 0 Å². The van der Waals surface area contributed by atoms with Gasteiger partial charge in [0, 0.05) is 9.75 Å². The van der Waals surface area contributed by atoms with Crippen LogP contribution in [0.25, 0.3) is 0 Å². The first-order valence-electron chi connectivity index (χ1n) is 7.82. The van der Waals surface area contributed by atoms with Crippen LogP contribution in [0.3, 0.4) is 0 Å². The van der Waals surface area contributed by atoms with Gasteiger partial charge in [-0.2, -0.15) is 0 Å². The van der Waals surface area contributed by atoms with Gasteiger partial charge in [-0.05, 0) is 87.2 Å². The second-order valence-corrected chi connectivity index (χ2v) is 9.59. The first kappa shape index (κ1) is 12.9. The molecule has 0 saturated heterocycles. The lowest BCUT2D eigenvalue weighted by molar-refractivity contribution is -0.0362. The van der Waals surface area contributed by atoms with E-state index in [2.05, 4.69) is 35.8 Å². The Hall–Kier alpha value is 0.180. The van der Waals surface area contributed by atoms with Gasteiger partial charge >= 0.3 is 0 Å². The standard InChI is InChI=1S/C17H23BrS/c1-9-3-10(2)19-17(9)16(18)15-13-5-11-4-12(7-13)8-14(15)6-11/h3,11-16H,4-8H2,1-2H3. The van der Waals surface area contributed by atoms with Crippen LogP contribution < -0.4 is 0 Å². The first-order chi connectivity index (χ1) is 9.11. The highest BCUT2D eigenvalue weighted by Gasteiger charge is 2.50. The molecule has 4 aliphatic rings. The van der Waals surface area contributed by atoms with Gasteiger partial charge in [-0.15, -0.1) is 11.3 Å². The zero-order chi connectivity index (χ0) is 13.1. The largest absolute Gasteiger partial charge is 0.144 e. The lowest BCUT2D eigenvalue weighted by atomic mass is 9.51. The monoisotopic (exact) mass is 338 g/mol. The number of thiophene rings is 1. The molecule has 4 bridgehead atoms. The third kappa shape index (κ3) is 2.05. The van der Waals surface area contributed by atoms with Gasteiger partial charge in [0.05, 0.1) is 4.83 Å². The molecule has 104 valence electrons. The van der Waals surface area contributed by atoms with Crippen molar-refractivity contribution >= 4 is 27.3 Å². The van der Waals surface area contributed by atoms with Gasteiger partial charge < -0.3 is 0 Å². The van der Waals surface area contributed by atoms with Crippen LogP contribution in [0.2, 0.25) is 0 Å². The Kier molecular flexibility index (Phi) is 3.11. The minimum Gasteiger partial charge on any atom is -0.144 e. The van der Waals surface area contributed by atoms with Crippen molar-refractivity contribution < 1.29 is 0 Å². The van der Waals surface area contributed by atoms with Crippen molar-refractivity contribution in [2.75, 3.05) is 0 Å². The molecule has 4 aliphatic carbocycles. The molecule has 0 amide bonds. The Labute approximate surface area is 129 Å². The maximum atomic E-state index is 4.11. The third-order valence-electron chi connectivity index (χ3n) is 5.97. The number of halogens is 1.